The second-order valence-corrected chi connectivity index (χ2v) is 8.50. The summed E-state index contributed by atoms with van der Waals surface area (Å²) in [5, 5.41) is 12.0. The smallest absolute Gasteiger partial charge is 0.251 e. The first-order valence-electron chi connectivity index (χ1n) is 10.2. The molecule has 0 aromatic carbocycles. The van der Waals surface area contributed by atoms with Crippen LogP contribution in [0.25, 0.3) is 16.6 Å². The second-order valence-electron chi connectivity index (χ2n) is 8.50. The molecule has 0 bridgehead atoms. The van der Waals surface area contributed by atoms with Crippen molar-refractivity contribution in [3.63, 3.8) is 0 Å². The molecule has 0 amide bonds. The van der Waals surface area contributed by atoms with Crippen LogP contribution < -0.4 is 15.8 Å². The summed E-state index contributed by atoms with van der Waals surface area (Å²) in [4.78, 5) is 4.30. The normalized spacial score (nSPS) is 16.7. The highest BCUT2D eigenvalue weighted by molar-refractivity contribution is 5.75. The largest absolute Gasteiger partial charge is 0.489 e. The Labute approximate surface area is 183 Å². The molecule has 0 atom stereocenters. The third-order valence-corrected chi connectivity index (χ3v) is 5.48. The van der Waals surface area contributed by atoms with Crippen LogP contribution in [0.4, 0.5) is 20.4 Å². The van der Waals surface area contributed by atoms with E-state index in [0.717, 1.165) is 22.3 Å². The summed E-state index contributed by atoms with van der Waals surface area (Å²) in [6, 6.07) is 9.58. The maximum atomic E-state index is 13.3. The van der Waals surface area contributed by atoms with Gasteiger partial charge in [0.15, 0.2) is 11.6 Å². The van der Waals surface area contributed by atoms with Gasteiger partial charge in [0.1, 0.15) is 12.4 Å². The van der Waals surface area contributed by atoms with Gasteiger partial charge in [-0.25, -0.2) is 13.3 Å². The lowest BCUT2D eigenvalue weighted by Crippen LogP contribution is -2.61. The lowest BCUT2D eigenvalue weighted by molar-refractivity contribution is -0.131. The van der Waals surface area contributed by atoms with Gasteiger partial charge >= 0.3 is 0 Å². The standard InChI is InChI=1S/C22H23F2N7O/c1-14-7-17(18(10-26-14)32-13-21(25)11-22(23,24)12-21)15-3-6-31-16(8-15)9-20(29-31)27-19-4-5-30(2)28-19/h3-10H,11-13,25H2,1-2H3,(H,27,28,29). The summed E-state index contributed by atoms with van der Waals surface area (Å²) in [7, 11) is 1.85. The van der Waals surface area contributed by atoms with Gasteiger partial charge in [-0.05, 0) is 30.7 Å². The number of nitrogens with one attached hydrogen (secondary N) is 1. The number of fused-ring (bicyclic) bond motifs is 1. The van der Waals surface area contributed by atoms with Crippen molar-refractivity contribution in [3.05, 3.63) is 54.6 Å². The molecule has 5 rings (SSSR count). The molecule has 166 valence electrons. The molecule has 0 aliphatic heterocycles. The molecule has 0 spiro atoms. The summed E-state index contributed by atoms with van der Waals surface area (Å²) in [6.07, 6.45) is 4.56. The number of rotatable bonds is 6. The summed E-state index contributed by atoms with van der Waals surface area (Å²) in [5.74, 6) is -0.833. The van der Waals surface area contributed by atoms with E-state index in [1.807, 2.05) is 56.7 Å². The number of anilines is 2. The van der Waals surface area contributed by atoms with E-state index in [1.165, 1.54) is 0 Å². The minimum absolute atomic E-state index is 0.00734. The van der Waals surface area contributed by atoms with Crippen molar-refractivity contribution in [3.8, 4) is 16.9 Å². The van der Waals surface area contributed by atoms with Crippen LogP contribution in [-0.4, -0.2) is 42.4 Å². The maximum absolute atomic E-state index is 13.3. The fraction of sp³-hybridized carbons (Fsp3) is 0.318. The first-order valence-corrected chi connectivity index (χ1v) is 10.2. The number of ether oxygens (including phenoxy) is 1. The molecule has 3 N–H and O–H groups in total. The van der Waals surface area contributed by atoms with E-state index in [1.54, 1.807) is 15.4 Å². The Morgan fingerprint density at radius 1 is 1.12 bits per heavy atom. The lowest BCUT2D eigenvalue weighted by atomic mass is 9.75. The molecule has 1 saturated carbocycles. The van der Waals surface area contributed by atoms with E-state index in [4.69, 9.17) is 10.5 Å². The molecule has 4 heterocycles. The van der Waals surface area contributed by atoms with Gasteiger partial charge in [-0.3, -0.25) is 9.67 Å². The van der Waals surface area contributed by atoms with Gasteiger partial charge < -0.3 is 15.8 Å². The Hall–Kier alpha value is -3.53. The van der Waals surface area contributed by atoms with Crippen molar-refractivity contribution in [2.45, 2.75) is 31.2 Å². The van der Waals surface area contributed by atoms with Crippen LogP contribution in [0.5, 0.6) is 5.75 Å². The molecule has 10 heteroatoms. The van der Waals surface area contributed by atoms with E-state index in [0.29, 0.717) is 17.4 Å². The van der Waals surface area contributed by atoms with E-state index < -0.39 is 11.5 Å². The molecule has 4 aromatic rings. The van der Waals surface area contributed by atoms with Crippen molar-refractivity contribution < 1.29 is 13.5 Å². The number of hydrogen-bond acceptors (Lipinski definition) is 6. The zero-order chi connectivity index (χ0) is 22.5. The maximum Gasteiger partial charge on any atom is 0.251 e. The number of halogens is 2. The lowest BCUT2D eigenvalue weighted by Gasteiger charge is -2.43. The van der Waals surface area contributed by atoms with Crippen LogP contribution in [0.1, 0.15) is 18.5 Å². The summed E-state index contributed by atoms with van der Waals surface area (Å²) >= 11 is 0. The first kappa shape index (κ1) is 20.4. The Morgan fingerprint density at radius 3 is 2.66 bits per heavy atom. The summed E-state index contributed by atoms with van der Waals surface area (Å²) in [6.45, 7) is 1.89. The number of aryl methyl sites for hydroxylation is 2. The fourth-order valence-corrected chi connectivity index (χ4v) is 4.03. The highest BCUT2D eigenvalue weighted by Crippen LogP contribution is 2.44. The van der Waals surface area contributed by atoms with Crippen LogP contribution >= 0.6 is 0 Å². The van der Waals surface area contributed by atoms with Crippen molar-refractivity contribution in [1.82, 2.24) is 24.4 Å². The minimum atomic E-state index is -2.71. The number of aromatic nitrogens is 5. The first-order chi connectivity index (χ1) is 15.2. The third-order valence-electron chi connectivity index (χ3n) is 5.48. The van der Waals surface area contributed by atoms with Crippen molar-refractivity contribution in [2.24, 2.45) is 12.8 Å². The van der Waals surface area contributed by atoms with E-state index in [2.05, 4.69) is 20.5 Å². The van der Waals surface area contributed by atoms with Crippen LogP contribution in [0.3, 0.4) is 0 Å². The number of alkyl halides is 2. The SMILES string of the molecule is Cc1cc(-c2ccn3nc(Nc4ccn(C)n4)cc3c2)c(OCC2(N)CC(F)(F)C2)cn1. The summed E-state index contributed by atoms with van der Waals surface area (Å²) in [5.41, 5.74) is 8.41. The molecular formula is C22H23F2N7O. The average Bonchev–Trinajstić information content (AvgIpc) is 3.30. The quantitative estimate of drug-likeness (QED) is 0.476. The highest BCUT2D eigenvalue weighted by Gasteiger charge is 2.54. The molecular weight excluding hydrogens is 416 g/mol. The van der Waals surface area contributed by atoms with Gasteiger partial charge in [0.25, 0.3) is 5.92 Å². The third kappa shape index (κ3) is 4.01. The van der Waals surface area contributed by atoms with E-state index >= 15 is 0 Å². The van der Waals surface area contributed by atoms with Crippen LogP contribution in [0.15, 0.2) is 48.9 Å². The fourth-order valence-electron chi connectivity index (χ4n) is 4.03. The van der Waals surface area contributed by atoms with Gasteiger partial charge in [-0.1, -0.05) is 0 Å². The Morgan fingerprint density at radius 2 is 1.94 bits per heavy atom. The number of nitrogens with two attached hydrogens (primary N) is 1. The predicted molar refractivity (Wildman–Crippen MR) is 116 cm³/mol. The molecule has 32 heavy (non-hydrogen) atoms. The van der Waals surface area contributed by atoms with E-state index in [-0.39, 0.29) is 19.4 Å². The summed E-state index contributed by atoms with van der Waals surface area (Å²) < 4.78 is 35.9. The van der Waals surface area contributed by atoms with Crippen molar-refractivity contribution in [1.29, 1.82) is 0 Å². The van der Waals surface area contributed by atoms with Crippen molar-refractivity contribution in [2.75, 3.05) is 11.9 Å². The predicted octanol–water partition coefficient (Wildman–Crippen LogP) is 3.69. The second kappa shape index (κ2) is 7.27. The topological polar surface area (TPSA) is 95.3 Å². The van der Waals surface area contributed by atoms with Crippen molar-refractivity contribution >= 4 is 17.2 Å². The molecule has 0 radical (unpaired) electrons. The van der Waals surface area contributed by atoms with Gasteiger partial charge in [-0.2, -0.15) is 10.2 Å². The zero-order valence-corrected chi connectivity index (χ0v) is 17.7. The Balaban J connectivity index is 1.41. The minimum Gasteiger partial charge on any atom is -0.489 e. The van der Waals surface area contributed by atoms with Gasteiger partial charge in [0.2, 0.25) is 0 Å². The highest BCUT2D eigenvalue weighted by atomic mass is 19.3. The molecule has 4 aromatic heterocycles. The van der Waals surface area contributed by atoms with Crippen LogP contribution in [0, 0.1) is 6.92 Å². The monoisotopic (exact) mass is 439 g/mol. The van der Waals surface area contributed by atoms with Gasteiger partial charge in [0, 0.05) is 55.7 Å². The number of nitrogens with zero attached hydrogens (tertiary/aromatic N) is 5. The zero-order valence-electron chi connectivity index (χ0n) is 17.7. The van der Waals surface area contributed by atoms with Crippen LogP contribution in [-0.2, 0) is 7.05 Å². The molecule has 8 nitrogen and oxygen atoms in total. The number of hydrogen-bond donors (Lipinski definition) is 2. The van der Waals surface area contributed by atoms with E-state index in [9.17, 15) is 8.78 Å². The van der Waals surface area contributed by atoms with Crippen LogP contribution in [0.2, 0.25) is 0 Å². The number of pyridine rings is 2. The molecule has 0 unspecified atom stereocenters. The molecule has 0 saturated heterocycles. The molecule has 1 aliphatic rings. The van der Waals surface area contributed by atoms with Gasteiger partial charge in [-0.15, -0.1) is 0 Å². The molecule has 1 aliphatic carbocycles. The molecule has 1 fully saturated rings. The average molecular weight is 439 g/mol. The van der Waals surface area contributed by atoms with Gasteiger partial charge in [0.05, 0.1) is 17.3 Å². The Bertz CT molecular complexity index is 1290. The Kier molecular flexibility index (Phi) is 4.63.